The fourth-order valence-corrected chi connectivity index (χ4v) is 7.15. The van der Waals surface area contributed by atoms with Crippen molar-refractivity contribution in [1.29, 1.82) is 0 Å². The molecule has 5 nitrogen and oxygen atoms in total. The van der Waals surface area contributed by atoms with Crippen LogP contribution in [-0.4, -0.2) is 59.1 Å². The number of amides is 1. The first-order valence-electron chi connectivity index (χ1n) is 13.2. The Bertz CT molecular complexity index is 1080. The van der Waals surface area contributed by atoms with E-state index >= 15 is 0 Å². The Morgan fingerprint density at radius 2 is 1.97 bits per heavy atom. The number of hydrogen-bond acceptors (Lipinski definition) is 4. The Kier molecular flexibility index (Phi) is 5.73. The highest BCUT2D eigenvalue weighted by atomic mass is 16.5. The molecule has 34 heavy (non-hydrogen) atoms. The molecule has 1 amide bonds. The minimum Gasteiger partial charge on any atom is -0.377 e. The van der Waals surface area contributed by atoms with E-state index in [-0.39, 0.29) is 11.5 Å². The lowest BCUT2D eigenvalue weighted by atomic mass is 9.80. The summed E-state index contributed by atoms with van der Waals surface area (Å²) in [6, 6.07) is 11.7. The van der Waals surface area contributed by atoms with Crippen LogP contribution in [-0.2, 0) is 22.5 Å². The third-order valence-electron chi connectivity index (χ3n) is 9.02. The average Bonchev–Trinajstić information content (AvgIpc) is 3.42. The topological polar surface area (TPSA) is 45.7 Å². The largest absolute Gasteiger partial charge is 0.377 e. The maximum Gasteiger partial charge on any atom is 0.231 e. The number of hydrogen-bond donors (Lipinski definition) is 0. The fraction of sp³-hybridized carbons (Fsp3) is 0.586. The number of fused-ring (bicyclic) bond motifs is 2. The van der Waals surface area contributed by atoms with Gasteiger partial charge in [-0.25, -0.2) is 0 Å². The predicted molar refractivity (Wildman–Crippen MR) is 133 cm³/mol. The number of nitrogens with zero attached hydrogens (tertiary/aromatic N) is 3. The molecule has 4 heterocycles. The van der Waals surface area contributed by atoms with Gasteiger partial charge in [0, 0.05) is 44.0 Å². The van der Waals surface area contributed by atoms with Crippen molar-refractivity contribution in [1.82, 2.24) is 14.8 Å². The summed E-state index contributed by atoms with van der Waals surface area (Å²) in [4.78, 5) is 23.4. The Morgan fingerprint density at radius 3 is 2.79 bits per heavy atom. The van der Waals surface area contributed by atoms with Crippen LogP contribution in [0.5, 0.6) is 0 Å². The second kappa shape index (κ2) is 8.76. The Hall–Kier alpha value is -2.24. The van der Waals surface area contributed by atoms with E-state index in [9.17, 15) is 4.79 Å². The summed E-state index contributed by atoms with van der Waals surface area (Å²) >= 11 is 0. The van der Waals surface area contributed by atoms with Crippen molar-refractivity contribution < 1.29 is 9.53 Å². The maximum atomic E-state index is 14.0. The summed E-state index contributed by atoms with van der Waals surface area (Å²) in [5.41, 5.74) is 6.07. The molecular weight excluding hydrogens is 422 g/mol. The van der Waals surface area contributed by atoms with E-state index in [4.69, 9.17) is 4.74 Å². The smallest absolute Gasteiger partial charge is 0.231 e. The highest BCUT2D eigenvalue weighted by Crippen LogP contribution is 2.51. The first kappa shape index (κ1) is 22.2. The second-order valence-electron chi connectivity index (χ2n) is 11.2. The van der Waals surface area contributed by atoms with E-state index < -0.39 is 0 Å². The number of carbonyl (C=O) groups is 1. The molecule has 2 aromatic rings. The van der Waals surface area contributed by atoms with Crippen LogP contribution in [0.25, 0.3) is 0 Å². The van der Waals surface area contributed by atoms with Crippen molar-refractivity contribution in [2.24, 2.45) is 5.41 Å². The van der Waals surface area contributed by atoms with Crippen molar-refractivity contribution in [3.05, 3.63) is 64.5 Å². The van der Waals surface area contributed by atoms with Crippen molar-refractivity contribution >= 4 is 5.91 Å². The zero-order valence-corrected chi connectivity index (χ0v) is 20.6. The molecule has 1 saturated carbocycles. The fourth-order valence-electron chi connectivity index (χ4n) is 7.15. The Labute approximate surface area is 203 Å². The van der Waals surface area contributed by atoms with Crippen LogP contribution >= 0.6 is 0 Å². The molecule has 3 aliphatic heterocycles. The van der Waals surface area contributed by atoms with E-state index in [1.54, 1.807) is 0 Å². The van der Waals surface area contributed by atoms with Crippen LogP contribution in [0.1, 0.15) is 66.0 Å². The van der Waals surface area contributed by atoms with E-state index in [0.717, 1.165) is 57.6 Å². The predicted octanol–water partition coefficient (Wildman–Crippen LogP) is 4.40. The summed E-state index contributed by atoms with van der Waals surface area (Å²) in [6.45, 7) is 8.73. The summed E-state index contributed by atoms with van der Waals surface area (Å²) in [5.74, 6) is 0.994. The Balaban J connectivity index is 1.13. The van der Waals surface area contributed by atoms with Crippen molar-refractivity contribution in [3.63, 3.8) is 0 Å². The van der Waals surface area contributed by atoms with Crippen LogP contribution in [0, 0.1) is 19.3 Å². The number of aryl methyl sites for hydroxylation is 2. The molecule has 0 unspecified atom stereocenters. The molecule has 3 atom stereocenters. The molecule has 0 bridgehead atoms. The van der Waals surface area contributed by atoms with Crippen LogP contribution < -0.4 is 0 Å². The number of benzene rings is 1. The van der Waals surface area contributed by atoms with Gasteiger partial charge in [0.2, 0.25) is 5.91 Å². The molecule has 5 heteroatoms. The van der Waals surface area contributed by atoms with Crippen LogP contribution in [0.4, 0.5) is 0 Å². The lowest BCUT2D eigenvalue weighted by molar-refractivity contribution is -0.145. The van der Waals surface area contributed by atoms with Gasteiger partial charge in [-0.15, -0.1) is 0 Å². The highest BCUT2D eigenvalue weighted by molar-refractivity contribution is 5.84. The number of ether oxygens (including phenoxy) is 1. The third-order valence-corrected chi connectivity index (χ3v) is 9.02. The number of pyridine rings is 1. The number of piperidine rings is 1. The van der Waals surface area contributed by atoms with Gasteiger partial charge >= 0.3 is 0 Å². The molecule has 1 aliphatic carbocycles. The van der Waals surface area contributed by atoms with Crippen molar-refractivity contribution in [3.8, 4) is 0 Å². The van der Waals surface area contributed by atoms with Crippen LogP contribution in [0.2, 0.25) is 0 Å². The number of carbonyl (C=O) groups excluding carboxylic acids is 1. The van der Waals surface area contributed by atoms with Crippen molar-refractivity contribution in [2.75, 3.05) is 26.2 Å². The van der Waals surface area contributed by atoms with Gasteiger partial charge in [0.15, 0.2) is 0 Å². The molecule has 3 fully saturated rings. The zero-order valence-electron chi connectivity index (χ0n) is 20.6. The van der Waals surface area contributed by atoms with Gasteiger partial charge in [0.05, 0.1) is 11.5 Å². The minimum atomic E-state index is -0.327. The summed E-state index contributed by atoms with van der Waals surface area (Å²) in [5, 5.41) is 0. The third kappa shape index (κ3) is 3.87. The minimum absolute atomic E-state index is 0.0801. The molecule has 1 aromatic heterocycles. The SMILES string of the molecule is Cc1cccc(C2CCN([C@@H]3C[C@H]4OCC[C@@]4(C(=O)N4CCc5ncc(C)cc5C4)C3)CC2)c1. The van der Waals surface area contributed by atoms with Crippen LogP contribution in [0.15, 0.2) is 36.5 Å². The number of likely N-dealkylation sites (tertiary alicyclic amines) is 1. The maximum absolute atomic E-state index is 14.0. The van der Waals surface area contributed by atoms with Gasteiger partial charge in [-0.05, 0) is 81.6 Å². The monoisotopic (exact) mass is 459 g/mol. The summed E-state index contributed by atoms with van der Waals surface area (Å²) < 4.78 is 6.22. The molecule has 0 N–H and O–H groups in total. The number of aromatic nitrogens is 1. The standard InChI is InChI=1S/C29H37N3O2/c1-20-4-3-5-23(14-20)22-6-10-31(11-7-22)25-16-27-29(17-25,9-13-34-27)28(33)32-12-8-26-24(19-32)15-21(2)18-30-26/h3-5,14-15,18,22,25,27H,6-13,16-17,19H2,1-2H3/t25-,27-,29-/m1/s1. The van der Waals surface area contributed by atoms with E-state index in [1.165, 1.54) is 35.1 Å². The second-order valence-corrected chi connectivity index (χ2v) is 11.2. The first-order valence-corrected chi connectivity index (χ1v) is 13.2. The van der Waals surface area contributed by atoms with Crippen molar-refractivity contribution in [2.45, 2.75) is 77.0 Å². The van der Waals surface area contributed by atoms with Gasteiger partial charge in [0.1, 0.15) is 0 Å². The van der Waals surface area contributed by atoms with E-state index in [0.29, 0.717) is 24.4 Å². The summed E-state index contributed by atoms with van der Waals surface area (Å²) in [7, 11) is 0. The zero-order chi connectivity index (χ0) is 23.3. The molecule has 4 aliphatic rings. The Morgan fingerprint density at radius 1 is 1.12 bits per heavy atom. The lowest BCUT2D eigenvalue weighted by Crippen LogP contribution is -2.48. The molecule has 2 saturated heterocycles. The van der Waals surface area contributed by atoms with Crippen LogP contribution in [0.3, 0.4) is 0 Å². The normalized spacial score (nSPS) is 29.8. The molecule has 0 spiro atoms. The van der Waals surface area contributed by atoms with Gasteiger partial charge in [-0.1, -0.05) is 35.9 Å². The van der Waals surface area contributed by atoms with Gasteiger partial charge < -0.3 is 14.5 Å². The molecule has 180 valence electrons. The quantitative estimate of drug-likeness (QED) is 0.683. The van der Waals surface area contributed by atoms with Gasteiger partial charge in [0.25, 0.3) is 0 Å². The molecular formula is C29H37N3O2. The molecule has 0 radical (unpaired) electrons. The van der Waals surface area contributed by atoms with E-state index in [2.05, 4.69) is 59.0 Å². The van der Waals surface area contributed by atoms with E-state index in [1.807, 2.05) is 6.20 Å². The molecule has 1 aromatic carbocycles. The lowest BCUT2D eigenvalue weighted by Gasteiger charge is -2.38. The summed E-state index contributed by atoms with van der Waals surface area (Å²) in [6.07, 6.45) is 8.15. The van der Waals surface area contributed by atoms with Gasteiger partial charge in [-0.3, -0.25) is 9.78 Å². The first-order chi connectivity index (χ1) is 16.5. The highest BCUT2D eigenvalue weighted by Gasteiger charge is 2.58. The molecule has 6 rings (SSSR count). The van der Waals surface area contributed by atoms with Gasteiger partial charge in [-0.2, -0.15) is 0 Å². The number of rotatable bonds is 3. The average molecular weight is 460 g/mol.